The molecule has 1 aliphatic heterocycles. The molecule has 0 amide bonds. The molecule has 2 heterocycles. The van der Waals surface area contributed by atoms with Crippen molar-refractivity contribution in [1.29, 1.82) is 0 Å². The number of H-pyrrole nitrogens is 1. The summed E-state index contributed by atoms with van der Waals surface area (Å²) in [7, 11) is 0. The quantitative estimate of drug-likeness (QED) is 0.772. The molecule has 0 atom stereocenters. The van der Waals surface area contributed by atoms with Gasteiger partial charge in [0.2, 0.25) is 0 Å². The number of aromatic amines is 1. The zero-order chi connectivity index (χ0) is 17.6. The van der Waals surface area contributed by atoms with Crippen molar-refractivity contribution in [3.63, 3.8) is 0 Å². The molecule has 5 heteroatoms. The van der Waals surface area contributed by atoms with E-state index in [1.807, 2.05) is 36.1 Å². The third-order valence-electron chi connectivity index (χ3n) is 4.80. The molecule has 1 fully saturated rings. The van der Waals surface area contributed by atoms with Crippen LogP contribution in [0.1, 0.15) is 11.1 Å². The topological polar surface area (TPSA) is 56.3 Å². The predicted octanol–water partition coefficient (Wildman–Crippen LogP) is 2.82. The van der Waals surface area contributed by atoms with Gasteiger partial charge in [0, 0.05) is 41.8 Å². The van der Waals surface area contributed by atoms with Crippen LogP contribution in [0, 0.1) is 12.7 Å². The van der Waals surface area contributed by atoms with Crippen molar-refractivity contribution in [3.05, 3.63) is 69.8 Å². The van der Waals surface area contributed by atoms with Crippen molar-refractivity contribution >= 4 is 10.8 Å². The number of fused-ring (bicyclic) bond motifs is 1. The SMILES string of the molecule is Cc1cccc2c(=O)[nH]c(-c3ccc(CN4CC(O)C4)c(F)c3)cc12. The van der Waals surface area contributed by atoms with Gasteiger partial charge < -0.3 is 10.1 Å². The Bertz CT molecular complexity index is 1010. The molecule has 1 aliphatic rings. The average molecular weight is 338 g/mol. The minimum atomic E-state index is -0.301. The summed E-state index contributed by atoms with van der Waals surface area (Å²) in [5, 5.41) is 10.8. The summed E-state index contributed by atoms with van der Waals surface area (Å²) < 4.78 is 14.5. The van der Waals surface area contributed by atoms with E-state index in [0.717, 1.165) is 10.9 Å². The molecule has 1 aromatic heterocycles. The van der Waals surface area contributed by atoms with E-state index in [1.165, 1.54) is 6.07 Å². The van der Waals surface area contributed by atoms with Crippen LogP contribution in [0.15, 0.2) is 47.3 Å². The molecule has 0 bridgehead atoms. The standard InChI is InChI=1S/C20H19FN2O2/c1-12-3-2-4-16-17(12)8-19(22-20(16)25)13-5-6-14(18(21)7-13)9-23-10-15(24)11-23/h2-8,15,24H,9-11H2,1H3,(H,22,25). The van der Waals surface area contributed by atoms with Crippen LogP contribution in [0.2, 0.25) is 0 Å². The maximum atomic E-state index is 14.5. The average Bonchev–Trinajstić information content (AvgIpc) is 2.56. The first-order valence-corrected chi connectivity index (χ1v) is 8.33. The fraction of sp³-hybridized carbons (Fsp3) is 0.250. The van der Waals surface area contributed by atoms with Crippen LogP contribution >= 0.6 is 0 Å². The number of aryl methyl sites for hydroxylation is 1. The van der Waals surface area contributed by atoms with E-state index in [2.05, 4.69) is 4.98 Å². The fourth-order valence-corrected chi connectivity index (χ4v) is 3.35. The maximum absolute atomic E-state index is 14.5. The lowest BCUT2D eigenvalue weighted by Gasteiger charge is -2.35. The van der Waals surface area contributed by atoms with Gasteiger partial charge in [-0.25, -0.2) is 4.39 Å². The second-order valence-corrected chi connectivity index (χ2v) is 6.70. The van der Waals surface area contributed by atoms with Crippen LogP contribution in [-0.2, 0) is 6.54 Å². The molecule has 2 aromatic carbocycles. The van der Waals surface area contributed by atoms with Crippen LogP contribution in [0.4, 0.5) is 4.39 Å². The highest BCUT2D eigenvalue weighted by atomic mass is 19.1. The first kappa shape index (κ1) is 16.0. The fourth-order valence-electron chi connectivity index (χ4n) is 3.35. The van der Waals surface area contributed by atoms with Crippen LogP contribution < -0.4 is 5.56 Å². The van der Waals surface area contributed by atoms with Crippen molar-refractivity contribution in [2.24, 2.45) is 0 Å². The molecule has 4 nitrogen and oxygen atoms in total. The van der Waals surface area contributed by atoms with Gasteiger partial charge in [0.15, 0.2) is 0 Å². The summed E-state index contributed by atoms with van der Waals surface area (Å²) in [4.78, 5) is 17.2. The Morgan fingerprint density at radius 1 is 1.20 bits per heavy atom. The Morgan fingerprint density at radius 3 is 2.72 bits per heavy atom. The van der Waals surface area contributed by atoms with Gasteiger partial charge in [-0.2, -0.15) is 0 Å². The van der Waals surface area contributed by atoms with E-state index in [-0.39, 0.29) is 17.5 Å². The van der Waals surface area contributed by atoms with E-state index < -0.39 is 0 Å². The van der Waals surface area contributed by atoms with Crippen molar-refractivity contribution in [1.82, 2.24) is 9.88 Å². The molecule has 0 radical (unpaired) electrons. The lowest BCUT2D eigenvalue weighted by Crippen LogP contribution is -2.49. The number of aliphatic hydroxyl groups is 1. The Hall–Kier alpha value is -2.50. The van der Waals surface area contributed by atoms with E-state index in [9.17, 15) is 14.3 Å². The molecule has 25 heavy (non-hydrogen) atoms. The molecular formula is C20H19FN2O2. The van der Waals surface area contributed by atoms with E-state index in [4.69, 9.17) is 0 Å². The molecule has 0 aliphatic carbocycles. The molecular weight excluding hydrogens is 319 g/mol. The van der Waals surface area contributed by atoms with Gasteiger partial charge in [-0.15, -0.1) is 0 Å². The summed E-state index contributed by atoms with van der Waals surface area (Å²) >= 11 is 0. The number of pyridine rings is 1. The lowest BCUT2D eigenvalue weighted by atomic mass is 10.0. The number of aliphatic hydroxyl groups excluding tert-OH is 1. The Labute approximate surface area is 144 Å². The summed E-state index contributed by atoms with van der Waals surface area (Å²) in [6.07, 6.45) is -0.298. The van der Waals surface area contributed by atoms with Gasteiger partial charge in [-0.3, -0.25) is 9.69 Å². The molecule has 128 valence electrons. The first-order chi connectivity index (χ1) is 12.0. The second kappa shape index (κ2) is 6.10. The minimum absolute atomic E-state index is 0.171. The Kier molecular flexibility index (Phi) is 3.90. The van der Waals surface area contributed by atoms with Gasteiger partial charge in [-0.1, -0.05) is 24.3 Å². The Balaban J connectivity index is 1.70. The molecule has 0 unspecified atom stereocenters. The van der Waals surface area contributed by atoms with Crippen LogP contribution in [0.3, 0.4) is 0 Å². The number of aromatic nitrogens is 1. The van der Waals surface area contributed by atoms with Crippen molar-refractivity contribution < 1.29 is 9.50 Å². The number of halogens is 1. The predicted molar refractivity (Wildman–Crippen MR) is 96.0 cm³/mol. The highest BCUT2D eigenvalue weighted by Gasteiger charge is 2.24. The molecule has 2 N–H and O–H groups in total. The van der Waals surface area contributed by atoms with Gasteiger partial charge in [-0.05, 0) is 36.1 Å². The third kappa shape index (κ3) is 2.97. The third-order valence-corrected chi connectivity index (χ3v) is 4.80. The monoisotopic (exact) mass is 338 g/mol. The molecule has 3 aromatic rings. The molecule has 0 saturated carbocycles. The van der Waals surface area contributed by atoms with Crippen molar-refractivity contribution in [2.45, 2.75) is 19.6 Å². The molecule has 0 spiro atoms. The zero-order valence-corrected chi connectivity index (χ0v) is 13.9. The summed E-state index contributed by atoms with van der Waals surface area (Å²) in [5.41, 5.74) is 2.69. The second-order valence-electron chi connectivity index (χ2n) is 6.70. The van der Waals surface area contributed by atoms with Crippen molar-refractivity contribution in [2.75, 3.05) is 13.1 Å². The number of hydrogen-bond acceptors (Lipinski definition) is 3. The number of nitrogens with one attached hydrogen (secondary N) is 1. The highest BCUT2D eigenvalue weighted by molar-refractivity contribution is 5.87. The van der Waals surface area contributed by atoms with Gasteiger partial charge >= 0.3 is 0 Å². The highest BCUT2D eigenvalue weighted by Crippen LogP contribution is 2.25. The van der Waals surface area contributed by atoms with Gasteiger partial charge in [0.05, 0.1) is 6.10 Å². The molecule has 4 rings (SSSR count). The van der Waals surface area contributed by atoms with Crippen LogP contribution in [0.25, 0.3) is 22.0 Å². The number of benzene rings is 2. The largest absolute Gasteiger partial charge is 0.390 e. The number of likely N-dealkylation sites (tertiary alicyclic amines) is 1. The van der Waals surface area contributed by atoms with E-state index in [1.54, 1.807) is 12.1 Å². The number of rotatable bonds is 3. The summed E-state index contributed by atoms with van der Waals surface area (Å²) in [5.74, 6) is -0.301. The summed E-state index contributed by atoms with van der Waals surface area (Å²) in [6.45, 7) is 3.60. The minimum Gasteiger partial charge on any atom is -0.390 e. The van der Waals surface area contributed by atoms with Gasteiger partial charge in [0.1, 0.15) is 5.82 Å². The van der Waals surface area contributed by atoms with E-state index in [0.29, 0.717) is 41.8 Å². The first-order valence-electron chi connectivity index (χ1n) is 8.33. The normalized spacial score (nSPS) is 15.5. The smallest absolute Gasteiger partial charge is 0.256 e. The zero-order valence-electron chi connectivity index (χ0n) is 13.9. The maximum Gasteiger partial charge on any atom is 0.256 e. The van der Waals surface area contributed by atoms with Crippen LogP contribution in [0.5, 0.6) is 0 Å². The van der Waals surface area contributed by atoms with Crippen LogP contribution in [-0.4, -0.2) is 34.2 Å². The summed E-state index contributed by atoms with van der Waals surface area (Å²) in [6, 6.07) is 12.5. The number of β-amino-alcohol motifs (C(OH)–C–C–N with tert-alkyl or cyclic N) is 1. The van der Waals surface area contributed by atoms with Crippen molar-refractivity contribution in [3.8, 4) is 11.3 Å². The van der Waals surface area contributed by atoms with E-state index >= 15 is 0 Å². The lowest BCUT2D eigenvalue weighted by molar-refractivity contribution is -0.00342. The Morgan fingerprint density at radius 2 is 2.00 bits per heavy atom. The number of hydrogen-bond donors (Lipinski definition) is 2. The van der Waals surface area contributed by atoms with Gasteiger partial charge in [0.25, 0.3) is 5.56 Å². The number of nitrogens with zero attached hydrogens (tertiary/aromatic N) is 1. The molecule has 1 saturated heterocycles.